The van der Waals surface area contributed by atoms with Crippen molar-refractivity contribution in [3.63, 3.8) is 0 Å². The van der Waals surface area contributed by atoms with Crippen LogP contribution in [0.1, 0.15) is 39.5 Å². The van der Waals surface area contributed by atoms with Gasteiger partial charge in [0.2, 0.25) is 8.38 Å². The van der Waals surface area contributed by atoms with E-state index in [-0.39, 0.29) is 0 Å². The third-order valence-corrected chi connectivity index (χ3v) is 3.93. The molecule has 0 unspecified atom stereocenters. The van der Waals surface area contributed by atoms with Crippen LogP contribution in [0.15, 0.2) is 30.3 Å². The molecule has 3 heteroatoms. The molecule has 0 aliphatic carbocycles. The average Bonchev–Trinajstić information content (AvgIpc) is 2.38. The average molecular weight is 254 g/mol. The molecule has 1 aromatic rings. The fraction of sp³-hybridized carbons (Fsp3) is 0.571. The molecule has 0 bridgehead atoms. The summed E-state index contributed by atoms with van der Waals surface area (Å²) in [6.45, 7) is 5.94. The Bertz CT molecular complexity index is 267. The Hall–Kier alpha value is -0.430. The Balaban J connectivity index is 2.46. The van der Waals surface area contributed by atoms with Crippen molar-refractivity contribution in [2.75, 3.05) is 13.2 Å². The van der Waals surface area contributed by atoms with Gasteiger partial charge in [0, 0.05) is 5.30 Å². The fourth-order valence-corrected chi connectivity index (χ4v) is 2.70. The van der Waals surface area contributed by atoms with Gasteiger partial charge in [0.25, 0.3) is 0 Å². The van der Waals surface area contributed by atoms with E-state index in [2.05, 4.69) is 26.0 Å². The molecular weight excluding hydrogens is 231 g/mol. The number of hydrogen-bond donors (Lipinski definition) is 0. The maximum atomic E-state index is 5.86. The Labute approximate surface area is 106 Å². The summed E-state index contributed by atoms with van der Waals surface area (Å²) in [5.74, 6) is 0. The van der Waals surface area contributed by atoms with E-state index in [4.69, 9.17) is 9.05 Å². The molecule has 0 amide bonds. The van der Waals surface area contributed by atoms with Crippen molar-refractivity contribution in [3.05, 3.63) is 30.3 Å². The summed E-state index contributed by atoms with van der Waals surface area (Å²) in [7, 11) is -0.879. The minimum absolute atomic E-state index is 0.795. The minimum atomic E-state index is -0.879. The van der Waals surface area contributed by atoms with Gasteiger partial charge in [-0.25, -0.2) is 0 Å². The van der Waals surface area contributed by atoms with E-state index in [1.807, 2.05) is 18.2 Å². The molecule has 2 nitrogen and oxygen atoms in total. The van der Waals surface area contributed by atoms with Gasteiger partial charge >= 0.3 is 0 Å². The molecule has 0 atom stereocenters. The van der Waals surface area contributed by atoms with Crippen molar-refractivity contribution in [2.24, 2.45) is 0 Å². The Morgan fingerprint density at radius 2 is 1.41 bits per heavy atom. The first kappa shape index (κ1) is 14.6. The van der Waals surface area contributed by atoms with Gasteiger partial charge in [0.1, 0.15) is 0 Å². The summed E-state index contributed by atoms with van der Waals surface area (Å²) in [5.41, 5.74) is 0. The van der Waals surface area contributed by atoms with Gasteiger partial charge in [-0.3, -0.25) is 0 Å². The fourth-order valence-electron chi connectivity index (χ4n) is 1.32. The molecule has 0 fully saturated rings. The molecule has 0 heterocycles. The second kappa shape index (κ2) is 9.58. The molecule has 0 aromatic heterocycles. The molecule has 17 heavy (non-hydrogen) atoms. The summed E-state index contributed by atoms with van der Waals surface area (Å²) in [4.78, 5) is 0. The highest BCUT2D eigenvalue weighted by atomic mass is 31.2. The van der Waals surface area contributed by atoms with Gasteiger partial charge in [0.15, 0.2) is 0 Å². The number of hydrogen-bond acceptors (Lipinski definition) is 2. The zero-order chi connectivity index (χ0) is 12.3. The summed E-state index contributed by atoms with van der Waals surface area (Å²) in [5, 5.41) is 1.18. The molecule has 0 spiro atoms. The normalized spacial score (nSPS) is 11.0. The minimum Gasteiger partial charge on any atom is -0.331 e. The van der Waals surface area contributed by atoms with Crippen LogP contribution in [0.3, 0.4) is 0 Å². The van der Waals surface area contributed by atoms with Gasteiger partial charge in [-0.05, 0) is 25.0 Å². The molecule has 96 valence electrons. The summed E-state index contributed by atoms with van der Waals surface area (Å²) >= 11 is 0. The van der Waals surface area contributed by atoms with E-state index in [9.17, 15) is 0 Å². The zero-order valence-electron chi connectivity index (χ0n) is 10.9. The summed E-state index contributed by atoms with van der Waals surface area (Å²) < 4.78 is 11.7. The van der Waals surface area contributed by atoms with E-state index >= 15 is 0 Å². The lowest BCUT2D eigenvalue weighted by Crippen LogP contribution is -2.07. The molecule has 0 radical (unpaired) electrons. The summed E-state index contributed by atoms with van der Waals surface area (Å²) in [6.07, 6.45) is 4.52. The lowest BCUT2D eigenvalue weighted by atomic mass is 10.4. The first-order valence-corrected chi connectivity index (χ1v) is 7.67. The highest BCUT2D eigenvalue weighted by Gasteiger charge is 2.12. The van der Waals surface area contributed by atoms with E-state index in [0.29, 0.717) is 0 Å². The quantitative estimate of drug-likeness (QED) is 0.484. The van der Waals surface area contributed by atoms with Crippen LogP contribution in [-0.2, 0) is 9.05 Å². The Morgan fingerprint density at radius 3 is 1.88 bits per heavy atom. The van der Waals surface area contributed by atoms with Crippen molar-refractivity contribution >= 4 is 13.7 Å². The molecule has 0 aliphatic heterocycles. The first-order valence-electron chi connectivity index (χ1n) is 6.49. The van der Waals surface area contributed by atoms with Crippen LogP contribution in [0.4, 0.5) is 0 Å². The zero-order valence-corrected chi connectivity index (χ0v) is 11.8. The van der Waals surface area contributed by atoms with Crippen molar-refractivity contribution in [1.29, 1.82) is 0 Å². The Kier molecular flexibility index (Phi) is 8.25. The van der Waals surface area contributed by atoms with Gasteiger partial charge in [-0.1, -0.05) is 44.9 Å². The van der Waals surface area contributed by atoms with E-state index in [1.54, 1.807) is 0 Å². The van der Waals surface area contributed by atoms with E-state index in [0.717, 1.165) is 38.9 Å². The van der Waals surface area contributed by atoms with Crippen LogP contribution in [0, 0.1) is 0 Å². The second-order valence-electron chi connectivity index (χ2n) is 3.97. The first-order chi connectivity index (χ1) is 8.38. The van der Waals surface area contributed by atoms with Crippen LogP contribution in [0.5, 0.6) is 0 Å². The SMILES string of the molecule is CCCCOP(OCCCC)c1ccccc1. The van der Waals surface area contributed by atoms with Crippen LogP contribution >= 0.6 is 8.38 Å². The lowest BCUT2D eigenvalue weighted by molar-refractivity contribution is 0.250. The van der Waals surface area contributed by atoms with Crippen LogP contribution in [-0.4, -0.2) is 13.2 Å². The van der Waals surface area contributed by atoms with Crippen molar-refractivity contribution in [2.45, 2.75) is 39.5 Å². The summed E-state index contributed by atoms with van der Waals surface area (Å²) in [6, 6.07) is 10.3. The molecule has 0 aliphatic rings. The van der Waals surface area contributed by atoms with Gasteiger partial charge in [-0.2, -0.15) is 0 Å². The molecule has 0 saturated carbocycles. The highest BCUT2D eigenvalue weighted by molar-refractivity contribution is 7.56. The maximum Gasteiger partial charge on any atom is 0.205 e. The lowest BCUT2D eigenvalue weighted by Gasteiger charge is -2.17. The van der Waals surface area contributed by atoms with Crippen LogP contribution < -0.4 is 5.30 Å². The third-order valence-electron chi connectivity index (χ3n) is 2.38. The number of rotatable bonds is 9. The van der Waals surface area contributed by atoms with Crippen LogP contribution in [0.2, 0.25) is 0 Å². The van der Waals surface area contributed by atoms with Crippen molar-refractivity contribution in [1.82, 2.24) is 0 Å². The monoisotopic (exact) mass is 254 g/mol. The Morgan fingerprint density at radius 1 is 0.882 bits per heavy atom. The standard InChI is InChI=1S/C14H23O2P/c1-3-5-12-15-17(16-13-6-4-2)14-10-8-7-9-11-14/h7-11H,3-6,12-13H2,1-2H3. The topological polar surface area (TPSA) is 18.5 Å². The van der Waals surface area contributed by atoms with E-state index < -0.39 is 8.38 Å². The molecule has 1 aromatic carbocycles. The predicted molar refractivity (Wildman–Crippen MR) is 74.7 cm³/mol. The molecule has 1 rings (SSSR count). The van der Waals surface area contributed by atoms with E-state index in [1.165, 1.54) is 5.30 Å². The van der Waals surface area contributed by atoms with Crippen LogP contribution in [0.25, 0.3) is 0 Å². The largest absolute Gasteiger partial charge is 0.331 e. The number of unbranched alkanes of at least 4 members (excludes halogenated alkanes) is 2. The van der Waals surface area contributed by atoms with Gasteiger partial charge < -0.3 is 9.05 Å². The third kappa shape index (κ3) is 6.16. The highest BCUT2D eigenvalue weighted by Crippen LogP contribution is 2.37. The predicted octanol–water partition coefficient (Wildman–Crippen LogP) is 4.26. The van der Waals surface area contributed by atoms with Crippen molar-refractivity contribution < 1.29 is 9.05 Å². The van der Waals surface area contributed by atoms with Gasteiger partial charge in [-0.15, -0.1) is 0 Å². The van der Waals surface area contributed by atoms with Gasteiger partial charge in [0.05, 0.1) is 13.2 Å². The molecule has 0 N–H and O–H groups in total. The maximum absolute atomic E-state index is 5.86. The smallest absolute Gasteiger partial charge is 0.205 e. The molecular formula is C14H23O2P. The number of benzene rings is 1. The second-order valence-corrected chi connectivity index (χ2v) is 5.51. The molecule has 0 saturated heterocycles. The van der Waals surface area contributed by atoms with Crippen molar-refractivity contribution in [3.8, 4) is 0 Å².